The van der Waals surface area contributed by atoms with E-state index >= 15 is 0 Å². The summed E-state index contributed by atoms with van der Waals surface area (Å²) in [6.07, 6.45) is 4.88. The molecule has 1 aromatic heterocycles. The van der Waals surface area contributed by atoms with Crippen LogP contribution in [0.1, 0.15) is 12.0 Å². The van der Waals surface area contributed by atoms with Crippen LogP contribution < -0.4 is 10.5 Å². The molecule has 0 saturated carbocycles. The average Bonchev–Trinajstić information content (AvgIpc) is 2.68. The van der Waals surface area contributed by atoms with Crippen LogP contribution in [0, 0.1) is 11.7 Å². The standard InChI is InChI=1S/C18H18FN5O3/c1-24-16(25)12-4-7-26-10-18(12,23-17(24)20)13-8-11(2-3-14(13)19)27-15-9-21-5-6-22-15/h2-3,5-6,8-9,12H,4,7,10H2,1H3,(H2,20,23)/t12-,18-/m0/s1. The van der Waals surface area contributed by atoms with Gasteiger partial charge in [-0.15, -0.1) is 0 Å². The van der Waals surface area contributed by atoms with Gasteiger partial charge in [0.25, 0.3) is 0 Å². The first-order valence-corrected chi connectivity index (χ1v) is 8.46. The van der Waals surface area contributed by atoms with Gasteiger partial charge in [-0.1, -0.05) is 0 Å². The minimum atomic E-state index is -1.22. The fourth-order valence-electron chi connectivity index (χ4n) is 3.52. The fourth-order valence-corrected chi connectivity index (χ4v) is 3.52. The zero-order chi connectivity index (χ0) is 19.0. The summed E-state index contributed by atoms with van der Waals surface area (Å²) in [6, 6.07) is 4.27. The van der Waals surface area contributed by atoms with Crippen molar-refractivity contribution in [1.82, 2.24) is 14.9 Å². The Balaban J connectivity index is 1.80. The number of hydrogen-bond donors (Lipinski definition) is 1. The molecule has 0 spiro atoms. The highest BCUT2D eigenvalue weighted by atomic mass is 19.1. The number of nitrogens with two attached hydrogens (primary N) is 1. The molecule has 9 heteroatoms. The molecular weight excluding hydrogens is 353 g/mol. The van der Waals surface area contributed by atoms with E-state index in [4.69, 9.17) is 15.2 Å². The van der Waals surface area contributed by atoms with Gasteiger partial charge in [-0.05, 0) is 24.6 Å². The van der Waals surface area contributed by atoms with Crippen LogP contribution >= 0.6 is 0 Å². The van der Waals surface area contributed by atoms with Crippen molar-refractivity contribution in [3.05, 3.63) is 48.2 Å². The molecule has 1 saturated heterocycles. The molecule has 2 aliphatic rings. The van der Waals surface area contributed by atoms with Crippen molar-refractivity contribution in [1.29, 1.82) is 0 Å². The van der Waals surface area contributed by atoms with Gasteiger partial charge < -0.3 is 15.2 Å². The van der Waals surface area contributed by atoms with Crippen LogP contribution in [0.3, 0.4) is 0 Å². The summed E-state index contributed by atoms with van der Waals surface area (Å²) in [5.41, 5.74) is 4.92. The van der Waals surface area contributed by atoms with Gasteiger partial charge in [0.1, 0.15) is 17.1 Å². The first-order chi connectivity index (χ1) is 13.0. The van der Waals surface area contributed by atoms with Crippen molar-refractivity contribution in [2.45, 2.75) is 12.0 Å². The predicted molar refractivity (Wildman–Crippen MR) is 93.5 cm³/mol. The van der Waals surface area contributed by atoms with Crippen molar-refractivity contribution in [2.24, 2.45) is 16.6 Å². The lowest BCUT2D eigenvalue weighted by Gasteiger charge is -2.45. The van der Waals surface area contributed by atoms with Gasteiger partial charge in [-0.25, -0.2) is 14.4 Å². The maximum atomic E-state index is 14.8. The Bertz CT molecular complexity index is 907. The lowest BCUT2D eigenvalue weighted by molar-refractivity contribution is -0.140. The van der Waals surface area contributed by atoms with Gasteiger partial charge in [0.05, 0.1) is 18.7 Å². The zero-order valence-corrected chi connectivity index (χ0v) is 14.6. The number of aromatic nitrogens is 2. The summed E-state index contributed by atoms with van der Waals surface area (Å²) >= 11 is 0. The Labute approximate surface area is 154 Å². The summed E-state index contributed by atoms with van der Waals surface area (Å²) in [5.74, 6) is -0.625. The topological polar surface area (TPSA) is 103 Å². The minimum Gasteiger partial charge on any atom is -0.437 e. The predicted octanol–water partition coefficient (Wildman–Crippen LogP) is 1.43. The van der Waals surface area contributed by atoms with Crippen molar-refractivity contribution in [3.8, 4) is 11.6 Å². The van der Waals surface area contributed by atoms with E-state index in [2.05, 4.69) is 15.0 Å². The highest BCUT2D eigenvalue weighted by molar-refractivity contribution is 6.00. The number of halogens is 1. The molecule has 0 bridgehead atoms. The first kappa shape index (κ1) is 17.3. The van der Waals surface area contributed by atoms with Crippen LogP contribution in [-0.4, -0.2) is 47.0 Å². The van der Waals surface area contributed by atoms with E-state index in [0.717, 1.165) is 0 Å². The van der Waals surface area contributed by atoms with E-state index in [-0.39, 0.29) is 29.9 Å². The molecule has 8 nitrogen and oxygen atoms in total. The van der Waals surface area contributed by atoms with Crippen LogP contribution in [0.4, 0.5) is 4.39 Å². The van der Waals surface area contributed by atoms with Gasteiger partial charge in [-0.3, -0.25) is 14.7 Å². The molecule has 0 unspecified atom stereocenters. The van der Waals surface area contributed by atoms with E-state index < -0.39 is 17.3 Å². The number of aliphatic imine (C=N–C) groups is 1. The smallest absolute Gasteiger partial charge is 0.237 e. The van der Waals surface area contributed by atoms with Crippen LogP contribution in [0.25, 0.3) is 0 Å². The van der Waals surface area contributed by atoms with Crippen molar-refractivity contribution in [2.75, 3.05) is 20.3 Å². The Kier molecular flexibility index (Phi) is 4.23. The van der Waals surface area contributed by atoms with E-state index in [1.165, 1.54) is 41.7 Å². The third kappa shape index (κ3) is 2.89. The number of ether oxygens (including phenoxy) is 2. The molecule has 2 atom stereocenters. The van der Waals surface area contributed by atoms with E-state index in [1.54, 1.807) is 7.05 Å². The van der Waals surface area contributed by atoms with Crippen LogP contribution in [0.2, 0.25) is 0 Å². The summed E-state index contributed by atoms with van der Waals surface area (Å²) in [5, 5.41) is 0. The van der Waals surface area contributed by atoms with Gasteiger partial charge in [0, 0.05) is 31.6 Å². The molecular formula is C18H18FN5O3. The number of fused-ring (bicyclic) bond motifs is 1. The average molecular weight is 371 g/mol. The monoisotopic (exact) mass is 371 g/mol. The number of rotatable bonds is 3. The molecule has 0 radical (unpaired) electrons. The summed E-state index contributed by atoms with van der Waals surface area (Å²) < 4.78 is 26.1. The third-order valence-corrected chi connectivity index (χ3v) is 4.90. The Morgan fingerprint density at radius 2 is 2.26 bits per heavy atom. The summed E-state index contributed by atoms with van der Waals surface area (Å²) in [4.78, 5) is 26.5. The van der Waals surface area contributed by atoms with Crippen LogP contribution in [0.5, 0.6) is 11.6 Å². The molecule has 1 aromatic carbocycles. The normalized spacial score (nSPS) is 25.0. The molecule has 140 valence electrons. The van der Waals surface area contributed by atoms with Crippen molar-refractivity contribution < 1.29 is 18.7 Å². The Morgan fingerprint density at radius 3 is 3.04 bits per heavy atom. The lowest BCUT2D eigenvalue weighted by atomic mass is 9.74. The number of amides is 1. The zero-order valence-electron chi connectivity index (χ0n) is 14.6. The Morgan fingerprint density at radius 1 is 1.41 bits per heavy atom. The third-order valence-electron chi connectivity index (χ3n) is 4.90. The number of carbonyl (C=O) groups excluding carboxylic acids is 1. The van der Waals surface area contributed by atoms with Gasteiger partial charge in [0.2, 0.25) is 11.8 Å². The van der Waals surface area contributed by atoms with Gasteiger partial charge >= 0.3 is 0 Å². The van der Waals surface area contributed by atoms with Crippen molar-refractivity contribution in [3.63, 3.8) is 0 Å². The van der Waals surface area contributed by atoms with Crippen molar-refractivity contribution >= 4 is 11.9 Å². The second kappa shape index (κ2) is 6.58. The van der Waals surface area contributed by atoms with E-state index in [0.29, 0.717) is 18.8 Å². The Hall–Kier alpha value is -3.07. The molecule has 27 heavy (non-hydrogen) atoms. The van der Waals surface area contributed by atoms with Gasteiger partial charge in [-0.2, -0.15) is 0 Å². The molecule has 2 N–H and O–H groups in total. The minimum absolute atomic E-state index is 0.0291. The largest absolute Gasteiger partial charge is 0.437 e. The highest BCUT2D eigenvalue weighted by Crippen LogP contribution is 2.44. The molecule has 2 aliphatic heterocycles. The van der Waals surface area contributed by atoms with Crippen LogP contribution in [-0.2, 0) is 15.1 Å². The molecule has 3 heterocycles. The van der Waals surface area contributed by atoms with Gasteiger partial charge in [0.15, 0.2) is 5.96 Å². The number of benzene rings is 1. The second-order valence-electron chi connectivity index (χ2n) is 6.47. The number of guanidine groups is 1. The molecule has 1 amide bonds. The summed E-state index contributed by atoms with van der Waals surface area (Å²) in [6.45, 7) is 0.461. The maximum Gasteiger partial charge on any atom is 0.237 e. The lowest BCUT2D eigenvalue weighted by Crippen LogP contribution is -2.58. The number of hydrogen-bond acceptors (Lipinski definition) is 7. The second-order valence-corrected chi connectivity index (χ2v) is 6.47. The van der Waals surface area contributed by atoms with Crippen LogP contribution in [0.15, 0.2) is 41.8 Å². The number of carbonyl (C=O) groups is 1. The molecule has 4 rings (SSSR count). The summed E-state index contributed by atoms with van der Waals surface area (Å²) in [7, 11) is 1.56. The molecule has 1 fully saturated rings. The number of nitrogens with zero attached hydrogens (tertiary/aromatic N) is 4. The first-order valence-electron chi connectivity index (χ1n) is 8.46. The van der Waals surface area contributed by atoms with E-state index in [9.17, 15) is 9.18 Å². The van der Waals surface area contributed by atoms with E-state index in [1.807, 2.05) is 0 Å². The molecule has 2 aromatic rings. The quantitative estimate of drug-likeness (QED) is 0.875. The fraction of sp³-hybridized carbons (Fsp3) is 0.333. The maximum absolute atomic E-state index is 14.8. The SMILES string of the molecule is CN1C(=O)[C@@H]2CCOC[C@]2(c2cc(Oc3cnccn3)ccc2F)N=C1N. The molecule has 0 aliphatic carbocycles. The highest BCUT2D eigenvalue weighted by Gasteiger charge is 2.52.